The van der Waals surface area contributed by atoms with Crippen LogP contribution in [0.3, 0.4) is 0 Å². The van der Waals surface area contributed by atoms with E-state index in [0.717, 1.165) is 18.0 Å². The minimum atomic E-state index is 0.777. The molecule has 1 heterocycles. The van der Waals surface area contributed by atoms with Crippen LogP contribution in [0.15, 0.2) is 17.5 Å². The van der Waals surface area contributed by atoms with Crippen LogP contribution in [0.2, 0.25) is 0 Å². The Morgan fingerprint density at radius 3 is 2.90 bits per heavy atom. The van der Waals surface area contributed by atoms with E-state index in [1.807, 2.05) is 11.3 Å². The van der Waals surface area contributed by atoms with Crippen molar-refractivity contribution in [2.24, 2.45) is 5.92 Å². The molecule has 1 aromatic rings. The van der Waals surface area contributed by atoms with Gasteiger partial charge >= 0.3 is 0 Å². The molecule has 0 spiro atoms. The van der Waals surface area contributed by atoms with E-state index in [1.165, 1.54) is 63.0 Å². The second kappa shape index (κ2) is 7.06. The van der Waals surface area contributed by atoms with Crippen molar-refractivity contribution >= 4 is 11.3 Å². The molecule has 2 fully saturated rings. The third kappa shape index (κ3) is 3.84. The van der Waals surface area contributed by atoms with Gasteiger partial charge in [-0.2, -0.15) is 0 Å². The van der Waals surface area contributed by atoms with Gasteiger partial charge < -0.3 is 5.32 Å². The van der Waals surface area contributed by atoms with E-state index in [1.54, 1.807) is 0 Å². The molecule has 1 aromatic heterocycles. The van der Waals surface area contributed by atoms with Crippen LogP contribution in [0.25, 0.3) is 0 Å². The summed E-state index contributed by atoms with van der Waals surface area (Å²) in [4.78, 5) is 4.30. The van der Waals surface area contributed by atoms with Gasteiger partial charge in [-0.3, -0.25) is 4.90 Å². The lowest BCUT2D eigenvalue weighted by Crippen LogP contribution is -2.40. The van der Waals surface area contributed by atoms with Crippen LogP contribution in [-0.2, 0) is 6.54 Å². The Morgan fingerprint density at radius 2 is 2.20 bits per heavy atom. The fourth-order valence-corrected chi connectivity index (χ4v) is 4.27. The van der Waals surface area contributed by atoms with Gasteiger partial charge in [0.05, 0.1) is 0 Å². The molecule has 2 saturated carbocycles. The van der Waals surface area contributed by atoms with E-state index < -0.39 is 0 Å². The van der Waals surface area contributed by atoms with Crippen molar-refractivity contribution in [3.8, 4) is 0 Å². The molecule has 3 heteroatoms. The molecule has 2 nitrogen and oxygen atoms in total. The fourth-order valence-electron chi connectivity index (χ4n) is 3.54. The van der Waals surface area contributed by atoms with Gasteiger partial charge in [-0.25, -0.2) is 0 Å². The molecule has 2 aliphatic rings. The largest absolute Gasteiger partial charge is 0.314 e. The zero-order chi connectivity index (χ0) is 13.8. The number of hydrogen-bond acceptors (Lipinski definition) is 3. The zero-order valence-electron chi connectivity index (χ0n) is 12.7. The number of rotatable bonds is 8. The van der Waals surface area contributed by atoms with E-state index in [2.05, 4.69) is 34.7 Å². The summed E-state index contributed by atoms with van der Waals surface area (Å²) in [5.74, 6) is 0.877. The summed E-state index contributed by atoms with van der Waals surface area (Å²) in [5.41, 5.74) is 0. The molecule has 3 rings (SSSR count). The topological polar surface area (TPSA) is 15.3 Å². The highest BCUT2D eigenvalue weighted by Crippen LogP contribution is 2.33. The summed E-state index contributed by atoms with van der Waals surface area (Å²) in [5, 5.41) is 5.99. The molecular weight excluding hydrogens is 264 g/mol. The van der Waals surface area contributed by atoms with Crippen LogP contribution in [0.4, 0.5) is 0 Å². The van der Waals surface area contributed by atoms with Gasteiger partial charge in [0, 0.05) is 30.1 Å². The Balaban J connectivity index is 1.55. The molecule has 2 unspecified atom stereocenters. The van der Waals surface area contributed by atoms with E-state index >= 15 is 0 Å². The van der Waals surface area contributed by atoms with Crippen molar-refractivity contribution in [2.75, 3.05) is 13.1 Å². The maximum Gasteiger partial charge on any atom is 0.0330 e. The van der Waals surface area contributed by atoms with Gasteiger partial charge in [-0.05, 0) is 56.0 Å². The highest BCUT2D eigenvalue weighted by atomic mass is 32.1. The molecule has 0 saturated heterocycles. The smallest absolute Gasteiger partial charge is 0.0330 e. The summed E-state index contributed by atoms with van der Waals surface area (Å²) in [6.45, 7) is 5.95. The first-order valence-corrected chi connectivity index (χ1v) is 9.24. The van der Waals surface area contributed by atoms with E-state index in [-0.39, 0.29) is 0 Å². The summed E-state index contributed by atoms with van der Waals surface area (Å²) in [6, 6.07) is 6.14. The Hall–Kier alpha value is -0.380. The molecular formula is C17H28N2S. The summed E-state index contributed by atoms with van der Waals surface area (Å²) in [6.07, 6.45) is 8.34. The highest BCUT2D eigenvalue weighted by molar-refractivity contribution is 7.09. The van der Waals surface area contributed by atoms with Crippen LogP contribution in [0.1, 0.15) is 50.3 Å². The molecule has 0 amide bonds. The Labute approximate surface area is 127 Å². The van der Waals surface area contributed by atoms with Gasteiger partial charge in [0.1, 0.15) is 0 Å². The lowest BCUT2D eigenvalue weighted by atomic mass is 10.0. The van der Waals surface area contributed by atoms with E-state index in [0.29, 0.717) is 0 Å². The van der Waals surface area contributed by atoms with Gasteiger partial charge in [0.15, 0.2) is 0 Å². The first-order valence-electron chi connectivity index (χ1n) is 8.36. The Morgan fingerprint density at radius 1 is 1.30 bits per heavy atom. The average molecular weight is 292 g/mol. The third-order valence-electron chi connectivity index (χ3n) is 4.79. The normalized spacial score (nSPS) is 26.5. The molecule has 20 heavy (non-hydrogen) atoms. The van der Waals surface area contributed by atoms with Gasteiger partial charge in [0.2, 0.25) is 0 Å². The quantitative estimate of drug-likeness (QED) is 0.782. The van der Waals surface area contributed by atoms with Crippen molar-refractivity contribution in [2.45, 2.75) is 64.1 Å². The Kier molecular flexibility index (Phi) is 5.14. The highest BCUT2D eigenvalue weighted by Gasteiger charge is 2.34. The predicted octanol–water partition coefficient (Wildman–Crippen LogP) is 3.88. The van der Waals surface area contributed by atoms with Crippen LogP contribution in [0, 0.1) is 5.92 Å². The minimum absolute atomic E-state index is 0.777. The molecule has 0 bridgehead atoms. The lowest BCUT2D eigenvalue weighted by molar-refractivity contribution is 0.199. The second-order valence-corrected chi connectivity index (χ2v) is 7.52. The maximum absolute atomic E-state index is 3.78. The van der Waals surface area contributed by atoms with E-state index in [9.17, 15) is 0 Å². The molecule has 0 aromatic carbocycles. The van der Waals surface area contributed by atoms with Crippen LogP contribution in [-0.4, -0.2) is 30.1 Å². The van der Waals surface area contributed by atoms with Crippen molar-refractivity contribution in [1.29, 1.82) is 0 Å². The van der Waals surface area contributed by atoms with Crippen LogP contribution < -0.4 is 5.32 Å². The molecule has 0 radical (unpaired) electrons. The van der Waals surface area contributed by atoms with Crippen molar-refractivity contribution < 1.29 is 0 Å². The number of nitrogens with zero attached hydrogens (tertiary/aromatic N) is 1. The lowest BCUT2D eigenvalue weighted by Gasteiger charge is -2.29. The first-order chi connectivity index (χ1) is 9.86. The second-order valence-electron chi connectivity index (χ2n) is 6.49. The van der Waals surface area contributed by atoms with Crippen molar-refractivity contribution in [3.05, 3.63) is 22.4 Å². The SMILES string of the molecule is CCCNC1CCCC1CN(Cc1cccs1)C1CC1. The first kappa shape index (κ1) is 14.6. The number of thiophene rings is 1. The molecule has 2 aliphatic carbocycles. The molecule has 1 N–H and O–H groups in total. The monoisotopic (exact) mass is 292 g/mol. The number of hydrogen-bond donors (Lipinski definition) is 1. The van der Waals surface area contributed by atoms with Gasteiger partial charge in [-0.15, -0.1) is 11.3 Å². The van der Waals surface area contributed by atoms with Crippen molar-refractivity contribution in [3.63, 3.8) is 0 Å². The zero-order valence-corrected chi connectivity index (χ0v) is 13.5. The van der Waals surface area contributed by atoms with E-state index in [4.69, 9.17) is 0 Å². The summed E-state index contributed by atoms with van der Waals surface area (Å²) in [7, 11) is 0. The maximum atomic E-state index is 3.78. The third-order valence-corrected chi connectivity index (χ3v) is 5.65. The average Bonchev–Trinajstić information content (AvgIpc) is 3.00. The van der Waals surface area contributed by atoms with Gasteiger partial charge in [-0.1, -0.05) is 19.4 Å². The molecule has 2 atom stereocenters. The Bertz CT molecular complexity index is 386. The minimum Gasteiger partial charge on any atom is -0.314 e. The van der Waals surface area contributed by atoms with Crippen molar-refractivity contribution in [1.82, 2.24) is 10.2 Å². The molecule has 0 aliphatic heterocycles. The summed E-state index contributed by atoms with van der Waals surface area (Å²) >= 11 is 1.91. The summed E-state index contributed by atoms with van der Waals surface area (Å²) < 4.78 is 0. The molecule has 112 valence electrons. The van der Waals surface area contributed by atoms with Crippen LogP contribution in [0.5, 0.6) is 0 Å². The predicted molar refractivity (Wildman–Crippen MR) is 87.2 cm³/mol. The van der Waals surface area contributed by atoms with Gasteiger partial charge in [0.25, 0.3) is 0 Å². The fraction of sp³-hybridized carbons (Fsp3) is 0.765. The number of nitrogens with one attached hydrogen (secondary N) is 1. The van der Waals surface area contributed by atoms with Crippen LogP contribution >= 0.6 is 11.3 Å². The standard InChI is InChI=1S/C17H28N2S/c1-2-10-18-17-7-3-5-14(17)12-19(15-8-9-15)13-16-6-4-11-20-16/h4,6,11,14-15,17-18H,2-3,5,7-10,12-13H2,1H3.